The van der Waals surface area contributed by atoms with Crippen molar-refractivity contribution >= 4 is 23.2 Å². The van der Waals surface area contributed by atoms with Crippen molar-refractivity contribution in [1.82, 2.24) is 20.2 Å². The van der Waals surface area contributed by atoms with E-state index in [2.05, 4.69) is 20.8 Å². The number of hydrogen-bond acceptors (Lipinski definition) is 5. The maximum absolute atomic E-state index is 12.9. The highest BCUT2D eigenvalue weighted by atomic mass is 35.5. The molecule has 0 aliphatic heterocycles. The van der Waals surface area contributed by atoms with Gasteiger partial charge in [-0.15, -0.1) is 5.10 Å². The van der Waals surface area contributed by atoms with Gasteiger partial charge in [0.1, 0.15) is 12.1 Å². The van der Waals surface area contributed by atoms with E-state index in [9.17, 15) is 4.79 Å². The van der Waals surface area contributed by atoms with Crippen molar-refractivity contribution in [3.63, 3.8) is 0 Å². The smallest absolute Gasteiger partial charge is 0.254 e. The summed E-state index contributed by atoms with van der Waals surface area (Å²) in [5, 5.41) is 14.4. The van der Waals surface area contributed by atoms with Gasteiger partial charge in [-0.1, -0.05) is 41.9 Å². The number of aromatic nitrogens is 4. The molecule has 0 saturated carbocycles. The van der Waals surface area contributed by atoms with E-state index in [1.807, 2.05) is 30.3 Å². The van der Waals surface area contributed by atoms with Gasteiger partial charge in [0.2, 0.25) is 0 Å². The van der Waals surface area contributed by atoms with Gasteiger partial charge in [0.15, 0.2) is 6.04 Å². The lowest BCUT2D eigenvalue weighted by Gasteiger charge is -2.18. The van der Waals surface area contributed by atoms with E-state index in [4.69, 9.17) is 16.3 Å². The van der Waals surface area contributed by atoms with E-state index in [-0.39, 0.29) is 5.91 Å². The second kappa shape index (κ2) is 7.10. The molecule has 122 valence electrons. The van der Waals surface area contributed by atoms with E-state index in [1.165, 1.54) is 18.1 Å². The van der Waals surface area contributed by atoms with Crippen LogP contribution in [0.5, 0.6) is 5.75 Å². The second-order valence-corrected chi connectivity index (χ2v) is 5.37. The summed E-state index contributed by atoms with van der Waals surface area (Å²) in [6, 6.07) is 13.5. The van der Waals surface area contributed by atoms with Crippen LogP contribution in [0.25, 0.3) is 0 Å². The molecule has 7 nitrogen and oxygen atoms in total. The zero-order chi connectivity index (χ0) is 16.9. The number of tetrazole rings is 1. The average Bonchev–Trinajstić information content (AvgIpc) is 3.10. The van der Waals surface area contributed by atoms with Crippen LogP contribution in [0.3, 0.4) is 0 Å². The van der Waals surface area contributed by atoms with Crippen molar-refractivity contribution in [3.05, 3.63) is 65.4 Å². The van der Waals surface area contributed by atoms with Gasteiger partial charge in [-0.05, 0) is 34.2 Å². The summed E-state index contributed by atoms with van der Waals surface area (Å²) >= 11 is 6.01. The molecule has 0 fully saturated rings. The Hall–Kier alpha value is -2.93. The van der Waals surface area contributed by atoms with Crippen LogP contribution in [0.2, 0.25) is 5.02 Å². The second-order valence-electron chi connectivity index (χ2n) is 4.94. The highest BCUT2D eigenvalue weighted by Gasteiger charge is 2.24. The molecule has 8 heteroatoms. The molecule has 3 rings (SSSR count). The monoisotopic (exact) mass is 343 g/mol. The quantitative estimate of drug-likeness (QED) is 0.770. The topological polar surface area (TPSA) is 81.9 Å². The first-order chi connectivity index (χ1) is 11.7. The van der Waals surface area contributed by atoms with Gasteiger partial charge in [-0.3, -0.25) is 4.79 Å². The number of nitrogens with zero attached hydrogens (tertiary/aromatic N) is 4. The number of halogens is 1. The van der Waals surface area contributed by atoms with Gasteiger partial charge in [-0.2, -0.15) is 0 Å². The molecule has 1 N–H and O–H groups in total. The van der Waals surface area contributed by atoms with Crippen LogP contribution < -0.4 is 10.1 Å². The molecule has 1 aromatic heterocycles. The average molecular weight is 344 g/mol. The van der Waals surface area contributed by atoms with Crippen LogP contribution in [0.1, 0.15) is 11.6 Å². The summed E-state index contributed by atoms with van der Waals surface area (Å²) in [6.07, 6.45) is 1.40. The SMILES string of the molecule is COc1ccc(Cl)cc1NC(=O)[C@@H](c1ccccc1)n1cnnn1. The Morgan fingerprint density at radius 1 is 1.25 bits per heavy atom. The molecule has 0 spiro atoms. The maximum Gasteiger partial charge on any atom is 0.254 e. The molecule has 1 amide bonds. The van der Waals surface area contributed by atoms with Gasteiger partial charge < -0.3 is 10.1 Å². The minimum absolute atomic E-state index is 0.311. The molecule has 2 aromatic carbocycles. The van der Waals surface area contributed by atoms with Crippen LogP contribution in [0.4, 0.5) is 5.69 Å². The van der Waals surface area contributed by atoms with E-state index in [0.29, 0.717) is 16.5 Å². The lowest BCUT2D eigenvalue weighted by atomic mass is 10.1. The third-order valence-corrected chi connectivity index (χ3v) is 3.65. The normalized spacial score (nSPS) is 11.8. The van der Waals surface area contributed by atoms with Gasteiger partial charge in [0.25, 0.3) is 5.91 Å². The summed E-state index contributed by atoms with van der Waals surface area (Å²) < 4.78 is 6.65. The zero-order valence-electron chi connectivity index (χ0n) is 12.8. The number of methoxy groups -OCH3 is 1. The molecule has 1 heterocycles. The minimum atomic E-state index is -0.718. The molecule has 0 bridgehead atoms. The Bertz CT molecular complexity index is 824. The number of benzene rings is 2. The van der Waals surface area contributed by atoms with Gasteiger partial charge >= 0.3 is 0 Å². The Morgan fingerprint density at radius 2 is 2.04 bits per heavy atom. The lowest BCUT2D eigenvalue weighted by Crippen LogP contribution is -2.27. The van der Waals surface area contributed by atoms with Crippen LogP contribution in [0, 0.1) is 0 Å². The first-order valence-electron chi connectivity index (χ1n) is 7.11. The van der Waals surface area contributed by atoms with Crippen molar-refractivity contribution < 1.29 is 9.53 Å². The summed E-state index contributed by atoms with van der Waals surface area (Å²) in [7, 11) is 1.52. The molecule has 1 atom stereocenters. The van der Waals surface area contributed by atoms with Crippen molar-refractivity contribution in [3.8, 4) is 5.75 Å². The highest BCUT2D eigenvalue weighted by Crippen LogP contribution is 2.29. The standard InChI is InChI=1S/C16H14ClN5O2/c1-24-14-8-7-12(17)9-13(14)19-16(23)15(22-10-18-20-21-22)11-5-3-2-4-6-11/h2-10,15H,1H3,(H,19,23)/t15-/m1/s1. The predicted molar refractivity (Wildman–Crippen MR) is 89.0 cm³/mol. The summed E-state index contributed by atoms with van der Waals surface area (Å²) in [6.45, 7) is 0. The first-order valence-corrected chi connectivity index (χ1v) is 7.48. The number of rotatable bonds is 5. The van der Waals surface area contributed by atoms with Crippen molar-refractivity contribution in [2.45, 2.75) is 6.04 Å². The number of ether oxygens (including phenoxy) is 1. The highest BCUT2D eigenvalue weighted by molar-refractivity contribution is 6.31. The van der Waals surface area contributed by atoms with Crippen molar-refractivity contribution in [2.24, 2.45) is 0 Å². The Labute approximate surface area is 143 Å². The van der Waals surface area contributed by atoms with Crippen LogP contribution in [0.15, 0.2) is 54.9 Å². The fourth-order valence-electron chi connectivity index (χ4n) is 2.33. The summed E-state index contributed by atoms with van der Waals surface area (Å²) in [5.41, 5.74) is 1.23. The van der Waals surface area contributed by atoms with E-state index in [0.717, 1.165) is 5.56 Å². The Morgan fingerprint density at radius 3 is 2.71 bits per heavy atom. The van der Waals surface area contributed by atoms with Crippen LogP contribution >= 0.6 is 11.6 Å². The van der Waals surface area contributed by atoms with E-state index < -0.39 is 6.04 Å². The molecule has 24 heavy (non-hydrogen) atoms. The number of carbonyl (C=O) groups is 1. The molecule has 0 radical (unpaired) electrons. The predicted octanol–water partition coefficient (Wildman–Crippen LogP) is 2.56. The largest absolute Gasteiger partial charge is 0.495 e. The third kappa shape index (κ3) is 3.36. The number of amides is 1. The molecule has 0 saturated heterocycles. The molecular formula is C16H14ClN5O2. The summed E-state index contributed by atoms with van der Waals surface area (Å²) in [5.74, 6) is 0.199. The van der Waals surface area contributed by atoms with E-state index in [1.54, 1.807) is 18.2 Å². The molecule has 3 aromatic rings. The number of carbonyl (C=O) groups excluding carboxylic acids is 1. The third-order valence-electron chi connectivity index (χ3n) is 3.41. The number of anilines is 1. The number of nitrogens with one attached hydrogen (secondary N) is 1. The maximum atomic E-state index is 12.9. The molecule has 0 aliphatic rings. The van der Waals surface area contributed by atoms with Crippen LogP contribution in [-0.2, 0) is 4.79 Å². The Kier molecular flexibility index (Phi) is 4.72. The zero-order valence-corrected chi connectivity index (χ0v) is 13.5. The minimum Gasteiger partial charge on any atom is -0.495 e. The fourth-order valence-corrected chi connectivity index (χ4v) is 2.50. The Balaban J connectivity index is 1.95. The van der Waals surface area contributed by atoms with Crippen molar-refractivity contribution in [1.29, 1.82) is 0 Å². The summed E-state index contributed by atoms with van der Waals surface area (Å²) in [4.78, 5) is 12.9. The molecule has 0 unspecified atom stereocenters. The van der Waals surface area contributed by atoms with E-state index >= 15 is 0 Å². The molecular weight excluding hydrogens is 330 g/mol. The first kappa shape index (κ1) is 15.9. The van der Waals surface area contributed by atoms with Crippen LogP contribution in [-0.4, -0.2) is 33.2 Å². The number of hydrogen-bond donors (Lipinski definition) is 1. The van der Waals surface area contributed by atoms with Crippen molar-refractivity contribution in [2.75, 3.05) is 12.4 Å². The lowest BCUT2D eigenvalue weighted by molar-refractivity contribution is -0.118. The molecule has 0 aliphatic carbocycles. The van der Waals surface area contributed by atoms with Gasteiger partial charge in [0, 0.05) is 5.02 Å². The van der Waals surface area contributed by atoms with Gasteiger partial charge in [0.05, 0.1) is 12.8 Å². The van der Waals surface area contributed by atoms with Gasteiger partial charge in [-0.25, -0.2) is 4.68 Å². The fraction of sp³-hybridized carbons (Fsp3) is 0.125.